The Morgan fingerprint density at radius 1 is 1.31 bits per heavy atom. The van der Waals surface area contributed by atoms with Crippen LogP contribution in [0.15, 0.2) is 0 Å². The van der Waals surface area contributed by atoms with Gasteiger partial charge in [-0.25, -0.2) is 0 Å². The van der Waals surface area contributed by atoms with E-state index in [0.717, 1.165) is 0 Å². The van der Waals surface area contributed by atoms with Gasteiger partial charge in [0.1, 0.15) is 0 Å². The Kier molecular flexibility index (Phi) is 5.46. The maximum atomic E-state index is 10.4. The average molecular weight is 211 g/mol. The maximum absolute atomic E-state index is 10.4. The molecule has 0 aliphatic rings. The summed E-state index contributed by atoms with van der Waals surface area (Å²) in [6.07, 6.45) is 0. The van der Waals surface area contributed by atoms with E-state index in [2.05, 4.69) is 0 Å². The van der Waals surface area contributed by atoms with E-state index in [4.69, 9.17) is 9.66 Å². The highest BCUT2D eigenvalue weighted by Gasteiger charge is 2.12. The first-order valence-corrected chi connectivity index (χ1v) is 5.78. The highest BCUT2D eigenvalue weighted by Crippen LogP contribution is 1.97. The van der Waals surface area contributed by atoms with Crippen molar-refractivity contribution < 1.29 is 18.1 Å². The SMILES string of the molecule is CC(C)N(CCO)CCS(=O)(=O)O. The van der Waals surface area contributed by atoms with Crippen LogP contribution in [0.1, 0.15) is 13.8 Å². The molecule has 0 spiro atoms. The number of aliphatic hydroxyl groups excluding tert-OH is 1. The van der Waals surface area contributed by atoms with Crippen LogP contribution in [0.5, 0.6) is 0 Å². The van der Waals surface area contributed by atoms with E-state index < -0.39 is 10.1 Å². The molecule has 0 atom stereocenters. The summed E-state index contributed by atoms with van der Waals surface area (Å²) in [7, 11) is -3.89. The fraction of sp³-hybridized carbons (Fsp3) is 1.00. The van der Waals surface area contributed by atoms with Crippen molar-refractivity contribution in [1.29, 1.82) is 0 Å². The van der Waals surface area contributed by atoms with Gasteiger partial charge in [-0.05, 0) is 13.8 Å². The molecule has 2 N–H and O–H groups in total. The third kappa shape index (κ3) is 6.94. The minimum Gasteiger partial charge on any atom is -0.395 e. The summed E-state index contributed by atoms with van der Waals surface area (Å²) >= 11 is 0. The van der Waals surface area contributed by atoms with Crippen LogP contribution in [0.3, 0.4) is 0 Å². The largest absolute Gasteiger partial charge is 0.395 e. The van der Waals surface area contributed by atoms with Crippen molar-refractivity contribution in [1.82, 2.24) is 4.90 Å². The van der Waals surface area contributed by atoms with E-state index in [-0.39, 0.29) is 24.9 Å². The van der Waals surface area contributed by atoms with Gasteiger partial charge in [0.2, 0.25) is 0 Å². The molecule has 0 heterocycles. The van der Waals surface area contributed by atoms with Crippen LogP contribution in [0.4, 0.5) is 0 Å². The van der Waals surface area contributed by atoms with E-state index in [1.54, 1.807) is 4.90 Å². The van der Waals surface area contributed by atoms with Gasteiger partial charge in [0.05, 0.1) is 12.4 Å². The van der Waals surface area contributed by atoms with Crippen LogP contribution < -0.4 is 0 Å². The Labute approximate surface area is 79.1 Å². The minimum atomic E-state index is -3.89. The van der Waals surface area contributed by atoms with E-state index >= 15 is 0 Å². The molecule has 6 heteroatoms. The molecule has 13 heavy (non-hydrogen) atoms. The monoisotopic (exact) mass is 211 g/mol. The first-order valence-electron chi connectivity index (χ1n) is 4.17. The minimum absolute atomic E-state index is 0.0103. The molecule has 0 aromatic heterocycles. The molecule has 0 fully saturated rings. The molecule has 0 saturated heterocycles. The molecule has 0 aliphatic heterocycles. The average Bonchev–Trinajstić information content (AvgIpc) is 1.95. The van der Waals surface area contributed by atoms with E-state index in [1.807, 2.05) is 13.8 Å². The smallest absolute Gasteiger partial charge is 0.266 e. The first-order chi connectivity index (χ1) is 5.87. The number of rotatable bonds is 6. The molecule has 0 amide bonds. The highest BCUT2D eigenvalue weighted by molar-refractivity contribution is 7.85. The molecule has 0 bridgehead atoms. The van der Waals surface area contributed by atoms with Crippen molar-refractivity contribution in [2.24, 2.45) is 0 Å². The van der Waals surface area contributed by atoms with Crippen LogP contribution in [-0.4, -0.2) is 54.5 Å². The Bertz CT molecular complexity index is 225. The topological polar surface area (TPSA) is 77.8 Å². The van der Waals surface area contributed by atoms with Gasteiger partial charge in [-0.15, -0.1) is 0 Å². The van der Waals surface area contributed by atoms with Gasteiger partial charge in [0, 0.05) is 19.1 Å². The van der Waals surface area contributed by atoms with E-state index in [9.17, 15) is 8.42 Å². The molecular weight excluding hydrogens is 194 g/mol. The van der Waals surface area contributed by atoms with Crippen molar-refractivity contribution in [2.45, 2.75) is 19.9 Å². The van der Waals surface area contributed by atoms with Crippen molar-refractivity contribution in [2.75, 3.05) is 25.4 Å². The predicted molar refractivity (Wildman–Crippen MR) is 50.2 cm³/mol. The van der Waals surface area contributed by atoms with Crippen LogP contribution >= 0.6 is 0 Å². The summed E-state index contributed by atoms with van der Waals surface area (Å²) in [5.41, 5.74) is 0. The predicted octanol–water partition coefficient (Wildman–Crippen LogP) is -0.423. The van der Waals surface area contributed by atoms with Crippen molar-refractivity contribution in [3.63, 3.8) is 0 Å². The fourth-order valence-corrected chi connectivity index (χ4v) is 1.45. The second-order valence-electron chi connectivity index (χ2n) is 3.14. The lowest BCUT2D eigenvalue weighted by molar-refractivity contribution is 0.173. The fourth-order valence-electron chi connectivity index (χ4n) is 0.989. The summed E-state index contributed by atoms with van der Waals surface area (Å²) in [5.74, 6) is -0.287. The lowest BCUT2D eigenvalue weighted by Gasteiger charge is -2.24. The second-order valence-corrected chi connectivity index (χ2v) is 4.71. The molecule has 0 aliphatic carbocycles. The van der Waals surface area contributed by atoms with E-state index in [1.165, 1.54) is 0 Å². The molecule has 0 rings (SSSR count). The number of nitrogens with zero attached hydrogens (tertiary/aromatic N) is 1. The zero-order valence-corrected chi connectivity index (χ0v) is 8.79. The lowest BCUT2D eigenvalue weighted by atomic mass is 10.3. The Balaban J connectivity index is 3.97. The zero-order chi connectivity index (χ0) is 10.5. The number of hydrogen-bond acceptors (Lipinski definition) is 4. The zero-order valence-electron chi connectivity index (χ0n) is 7.97. The van der Waals surface area contributed by atoms with Gasteiger partial charge >= 0.3 is 0 Å². The summed E-state index contributed by atoms with van der Waals surface area (Å²) in [5, 5.41) is 8.66. The first kappa shape index (κ1) is 12.8. The molecule has 0 unspecified atom stereocenters. The molecule has 80 valence electrons. The van der Waals surface area contributed by atoms with Gasteiger partial charge in [0.25, 0.3) is 10.1 Å². The van der Waals surface area contributed by atoms with Crippen LogP contribution in [0.2, 0.25) is 0 Å². The summed E-state index contributed by atoms with van der Waals surface area (Å²) in [4.78, 5) is 1.79. The number of aliphatic hydroxyl groups is 1. The Morgan fingerprint density at radius 2 is 1.85 bits per heavy atom. The molecule has 0 aromatic rings. The normalized spacial score (nSPS) is 12.8. The molecular formula is C7H17NO4S. The van der Waals surface area contributed by atoms with Gasteiger partial charge in [-0.3, -0.25) is 9.45 Å². The third-order valence-electron chi connectivity index (χ3n) is 1.75. The molecule has 0 saturated carbocycles. The third-order valence-corrected chi connectivity index (χ3v) is 2.45. The molecule has 5 nitrogen and oxygen atoms in total. The van der Waals surface area contributed by atoms with Gasteiger partial charge < -0.3 is 5.11 Å². The maximum Gasteiger partial charge on any atom is 0.266 e. The lowest BCUT2D eigenvalue weighted by Crippen LogP contribution is -2.37. The molecule has 0 aromatic carbocycles. The summed E-state index contributed by atoms with van der Waals surface area (Å²) < 4.78 is 29.4. The van der Waals surface area contributed by atoms with Gasteiger partial charge in [-0.1, -0.05) is 0 Å². The van der Waals surface area contributed by atoms with Crippen molar-refractivity contribution in [3.8, 4) is 0 Å². The summed E-state index contributed by atoms with van der Waals surface area (Å²) in [6.45, 7) is 4.47. The Hall–Kier alpha value is -0.170. The highest BCUT2D eigenvalue weighted by atomic mass is 32.2. The quantitative estimate of drug-likeness (QED) is 0.583. The standard InChI is InChI=1S/C7H17NO4S/c1-7(2)8(3-5-9)4-6-13(10,11)12/h7,9H,3-6H2,1-2H3,(H,10,11,12). The van der Waals surface area contributed by atoms with Crippen molar-refractivity contribution in [3.05, 3.63) is 0 Å². The van der Waals surface area contributed by atoms with Crippen LogP contribution in [-0.2, 0) is 10.1 Å². The van der Waals surface area contributed by atoms with Crippen molar-refractivity contribution >= 4 is 10.1 Å². The number of hydrogen-bond donors (Lipinski definition) is 2. The Morgan fingerprint density at radius 3 is 2.15 bits per heavy atom. The molecule has 0 radical (unpaired) electrons. The van der Waals surface area contributed by atoms with Crippen LogP contribution in [0.25, 0.3) is 0 Å². The summed E-state index contributed by atoms with van der Waals surface area (Å²) in [6, 6.07) is 0.161. The van der Waals surface area contributed by atoms with E-state index in [0.29, 0.717) is 6.54 Å². The van der Waals surface area contributed by atoms with Gasteiger partial charge in [0.15, 0.2) is 0 Å². The second kappa shape index (κ2) is 5.54. The van der Waals surface area contributed by atoms with Crippen LogP contribution in [0, 0.1) is 0 Å². The van der Waals surface area contributed by atoms with Gasteiger partial charge in [-0.2, -0.15) is 8.42 Å².